The minimum atomic E-state index is -1.45. The molecule has 1 rings (SSSR count). The van der Waals surface area contributed by atoms with Crippen molar-refractivity contribution in [3.8, 4) is 6.07 Å². The molecule has 0 saturated heterocycles. The van der Waals surface area contributed by atoms with Crippen LogP contribution in [0.1, 0.15) is 5.56 Å². The molecule has 0 unspecified atom stereocenters. The minimum absolute atomic E-state index is 0.343. The van der Waals surface area contributed by atoms with Gasteiger partial charge >= 0.3 is 0 Å². The third kappa shape index (κ3) is 3.25. The van der Waals surface area contributed by atoms with Crippen LogP contribution in [0.25, 0.3) is 0 Å². The average Bonchev–Trinajstić information content (AvgIpc) is 2.62. The SMILES string of the molecule is N#Cc1ccsc1NC(=O)C=CC(=O)[O-]. The summed E-state index contributed by atoms with van der Waals surface area (Å²) >= 11 is 1.19. The van der Waals surface area contributed by atoms with Gasteiger partial charge in [0.05, 0.1) is 11.5 Å². The van der Waals surface area contributed by atoms with Crippen molar-refractivity contribution in [3.63, 3.8) is 0 Å². The van der Waals surface area contributed by atoms with Gasteiger partial charge in [-0.2, -0.15) is 5.26 Å². The highest BCUT2D eigenvalue weighted by Crippen LogP contribution is 2.21. The largest absolute Gasteiger partial charge is 0.545 e. The van der Waals surface area contributed by atoms with E-state index in [1.54, 1.807) is 11.4 Å². The highest BCUT2D eigenvalue weighted by atomic mass is 32.1. The van der Waals surface area contributed by atoms with Crippen LogP contribution in [-0.2, 0) is 9.59 Å². The zero-order chi connectivity index (χ0) is 11.3. The second kappa shape index (κ2) is 4.93. The third-order valence-electron chi connectivity index (χ3n) is 1.39. The number of anilines is 1. The summed E-state index contributed by atoms with van der Waals surface area (Å²) in [6.45, 7) is 0. The third-order valence-corrected chi connectivity index (χ3v) is 2.22. The van der Waals surface area contributed by atoms with Crippen LogP contribution >= 0.6 is 11.3 Å². The lowest BCUT2D eigenvalue weighted by molar-refractivity contribution is -0.297. The Morgan fingerprint density at radius 3 is 2.87 bits per heavy atom. The summed E-state index contributed by atoms with van der Waals surface area (Å²) in [5.74, 6) is -2.06. The molecule has 0 saturated carbocycles. The molecule has 5 nitrogen and oxygen atoms in total. The van der Waals surface area contributed by atoms with E-state index >= 15 is 0 Å². The van der Waals surface area contributed by atoms with Crippen LogP contribution < -0.4 is 10.4 Å². The smallest absolute Gasteiger partial charge is 0.249 e. The molecule has 0 bridgehead atoms. The van der Waals surface area contributed by atoms with E-state index < -0.39 is 11.9 Å². The predicted octanol–water partition coefficient (Wildman–Crippen LogP) is -0.136. The lowest BCUT2D eigenvalue weighted by Gasteiger charge is -1.98. The monoisotopic (exact) mass is 221 g/mol. The van der Waals surface area contributed by atoms with Crippen molar-refractivity contribution in [2.75, 3.05) is 5.32 Å². The molecule has 0 atom stereocenters. The van der Waals surface area contributed by atoms with E-state index in [0.29, 0.717) is 16.6 Å². The molecular weight excluding hydrogens is 216 g/mol. The van der Waals surface area contributed by atoms with Crippen molar-refractivity contribution in [3.05, 3.63) is 29.2 Å². The first-order valence-corrected chi connectivity index (χ1v) is 4.69. The Balaban J connectivity index is 2.68. The molecule has 1 aromatic heterocycles. The van der Waals surface area contributed by atoms with Crippen molar-refractivity contribution in [2.24, 2.45) is 0 Å². The van der Waals surface area contributed by atoms with Gasteiger partial charge in [0.1, 0.15) is 11.1 Å². The number of hydrogen-bond acceptors (Lipinski definition) is 5. The summed E-state index contributed by atoms with van der Waals surface area (Å²) < 4.78 is 0. The maximum atomic E-state index is 11.1. The highest BCUT2D eigenvalue weighted by molar-refractivity contribution is 7.14. The van der Waals surface area contributed by atoms with Crippen molar-refractivity contribution >= 4 is 28.2 Å². The number of carbonyl (C=O) groups excluding carboxylic acids is 2. The summed E-state index contributed by atoms with van der Waals surface area (Å²) in [6, 6.07) is 3.45. The number of carboxylic acid groups (broad SMARTS) is 1. The second-order valence-electron chi connectivity index (χ2n) is 2.42. The topological polar surface area (TPSA) is 93.0 Å². The number of rotatable bonds is 3. The lowest BCUT2D eigenvalue weighted by Crippen LogP contribution is -2.20. The molecule has 0 aliphatic carbocycles. The molecular formula is C9H5N2O3S-. The van der Waals surface area contributed by atoms with Gasteiger partial charge in [-0.3, -0.25) is 4.79 Å². The normalized spacial score (nSPS) is 9.80. The van der Waals surface area contributed by atoms with Crippen LogP contribution in [0.15, 0.2) is 23.6 Å². The molecule has 1 aromatic rings. The maximum Gasteiger partial charge on any atom is 0.249 e. The minimum Gasteiger partial charge on any atom is -0.545 e. The standard InChI is InChI=1S/C9H6N2O3S/c10-5-6-3-4-15-9(6)11-7(12)1-2-8(13)14/h1-4H,(H,11,12)(H,13,14)/p-1. The Labute approximate surface area is 89.3 Å². The number of nitriles is 1. The van der Waals surface area contributed by atoms with E-state index in [0.717, 1.165) is 6.08 Å². The van der Waals surface area contributed by atoms with E-state index in [1.807, 2.05) is 6.07 Å². The molecule has 0 radical (unpaired) electrons. The molecule has 1 heterocycles. The molecule has 1 amide bonds. The van der Waals surface area contributed by atoms with Gasteiger partial charge in [-0.1, -0.05) is 0 Å². The number of carboxylic acids is 1. The van der Waals surface area contributed by atoms with E-state index in [9.17, 15) is 14.7 Å². The number of nitrogens with one attached hydrogen (secondary N) is 1. The summed E-state index contributed by atoms with van der Waals surface area (Å²) in [7, 11) is 0. The van der Waals surface area contributed by atoms with Crippen LogP contribution in [0.5, 0.6) is 0 Å². The number of nitrogens with zero attached hydrogens (tertiary/aromatic N) is 1. The van der Waals surface area contributed by atoms with Gasteiger partial charge in [0, 0.05) is 6.08 Å². The van der Waals surface area contributed by atoms with E-state index in [-0.39, 0.29) is 0 Å². The van der Waals surface area contributed by atoms with Crippen LogP contribution in [0, 0.1) is 11.3 Å². The number of amides is 1. The lowest BCUT2D eigenvalue weighted by atomic mass is 10.3. The number of hydrogen-bond donors (Lipinski definition) is 1. The zero-order valence-corrected chi connectivity index (χ0v) is 8.21. The second-order valence-corrected chi connectivity index (χ2v) is 3.33. The number of carbonyl (C=O) groups is 2. The average molecular weight is 221 g/mol. The highest BCUT2D eigenvalue weighted by Gasteiger charge is 2.04. The molecule has 1 N–H and O–H groups in total. The summed E-state index contributed by atoms with van der Waals surface area (Å²) in [5.41, 5.74) is 0.343. The summed E-state index contributed by atoms with van der Waals surface area (Å²) in [5, 5.41) is 23.0. The zero-order valence-electron chi connectivity index (χ0n) is 7.39. The van der Waals surface area contributed by atoms with Crippen molar-refractivity contribution in [1.82, 2.24) is 0 Å². The maximum absolute atomic E-state index is 11.1. The van der Waals surface area contributed by atoms with Gasteiger partial charge in [0.15, 0.2) is 0 Å². The van der Waals surface area contributed by atoms with Crippen molar-refractivity contribution in [1.29, 1.82) is 5.26 Å². The molecule has 6 heteroatoms. The molecule has 0 fully saturated rings. The molecule has 0 spiro atoms. The Morgan fingerprint density at radius 2 is 2.27 bits per heavy atom. The first-order valence-electron chi connectivity index (χ1n) is 3.81. The van der Waals surface area contributed by atoms with Gasteiger partial charge < -0.3 is 15.2 Å². The van der Waals surface area contributed by atoms with Crippen molar-refractivity contribution in [2.45, 2.75) is 0 Å². The van der Waals surface area contributed by atoms with E-state index in [1.165, 1.54) is 11.3 Å². The van der Waals surface area contributed by atoms with Crippen LogP contribution in [0.4, 0.5) is 5.00 Å². The first kappa shape index (κ1) is 10.9. The Morgan fingerprint density at radius 1 is 1.53 bits per heavy atom. The quantitative estimate of drug-likeness (QED) is 0.719. The Hall–Kier alpha value is -2.13. The molecule has 0 aliphatic heterocycles. The number of aliphatic carboxylic acids is 1. The summed E-state index contributed by atoms with van der Waals surface area (Å²) in [4.78, 5) is 21.1. The van der Waals surface area contributed by atoms with Gasteiger partial charge in [0.2, 0.25) is 5.91 Å². The molecule has 76 valence electrons. The van der Waals surface area contributed by atoms with Gasteiger partial charge in [-0.25, -0.2) is 0 Å². The predicted molar refractivity (Wildman–Crippen MR) is 51.8 cm³/mol. The van der Waals surface area contributed by atoms with Crippen LogP contribution in [0.3, 0.4) is 0 Å². The van der Waals surface area contributed by atoms with Crippen molar-refractivity contribution < 1.29 is 14.7 Å². The fraction of sp³-hybridized carbons (Fsp3) is 0. The van der Waals surface area contributed by atoms with E-state index in [2.05, 4.69) is 5.32 Å². The van der Waals surface area contributed by atoms with E-state index in [4.69, 9.17) is 5.26 Å². The summed E-state index contributed by atoms with van der Waals surface area (Å²) in [6.07, 6.45) is 1.45. The molecule has 0 aliphatic rings. The first-order chi connectivity index (χ1) is 7.13. The van der Waals surface area contributed by atoms with Gasteiger partial charge in [-0.15, -0.1) is 11.3 Å². The molecule has 0 aromatic carbocycles. The van der Waals surface area contributed by atoms with Gasteiger partial charge in [0.25, 0.3) is 0 Å². The van der Waals surface area contributed by atoms with Crippen LogP contribution in [0.2, 0.25) is 0 Å². The molecule has 15 heavy (non-hydrogen) atoms. The van der Waals surface area contributed by atoms with Gasteiger partial charge in [-0.05, 0) is 17.5 Å². The fourth-order valence-corrected chi connectivity index (χ4v) is 1.53. The Bertz CT molecular complexity index is 456. The Kier molecular flexibility index (Phi) is 3.60. The fourth-order valence-electron chi connectivity index (χ4n) is 0.791. The number of thiophene rings is 1. The van der Waals surface area contributed by atoms with Crippen LogP contribution in [-0.4, -0.2) is 11.9 Å².